The molecule has 1 amide bonds. The maximum Gasteiger partial charge on any atom is 0.281 e. The number of nitrogens with zero attached hydrogens (tertiary/aromatic N) is 1. The molecular formula is C21H23N2O5S-. The summed E-state index contributed by atoms with van der Waals surface area (Å²) >= 11 is 1.49. The van der Waals surface area contributed by atoms with E-state index >= 15 is 0 Å². The Morgan fingerprint density at radius 1 is 1.34 bits per heavy atom. The van der Waals surface area contributed by atoms with Gasteiger partial charge in [0.25, 0.3) is 5.91 Å². The molecule has 1 heterocycles. The van der Waals surface area contributed by atoms with Gasteiger partial charge in [-0.15, -0.1) is 11.3 Å². The van der Waals surface area contributed by atoms with Crippen molar-refractivity contribution in [3.05, 3.63) is 44.6 Å². The van der Waals surface area contributed by atoms with E-state index in [1.807, 2.05) is 6.07 Å². The van der Waals surface area contributed by atoms with Gasteiger partial charge < -0.3 is 19.4 Å². The van der Waals surface area contributed by atoms with Crippen LogP contribution in [0.2, 0.25) is 0 Å². The number of hydrogen-bond donors (Lipinski definition) is 1. The number of thiophene rings is 1. The minimum absolute atomic E-state index is 0.0409. The minimum Gasteiger partial charge on any atom is -0.545 e. The standard InChI is InChI=1S/C21H24N2O5S/c1-4-12-5-8-16-14(9-12)10-17(29-16)20(24)23-22-11-13-6-7-15(27-2)19(28-3)18(13)21(25)26/h6-7,10-12H,4-5,8-9H2,1-3H3,(H,23,24)(H,25,26)/p-1/b22-11-/t12-/m0/s1. The molecule has 0 radical (unpaired) electrons. The molecule has 1 aliphatic rings. The number of aryl methyl sites for hydroxylation is 1. The molecule has 1 atom stereocenters. The van der Waals surface area contributed by atoms with Gasteiger partial charge in [-0.05, 0) is 48.9 Å². The van der Waals surface area contributed by atoms with Crippen LogP contribution in [0.3, 0.4) is 0 Å². The van der Waals surface area contributed by atoms with Crippen molar-refractivity contribution in [3.8, 4) is 11.5 Å². The molecular weight excluding hydrogens is 392 g/mol. The second kappa shape index (κ2) is 9.09. The summed E-state index contributed by atoms with van der Waals surface area (Å²) in [6.45, 7) is 2.19. The molecule has 8 heteroatoms. The monoisotopic (exact) mass is 415 g/mol. The number of carbonyl (C=O) groups is 2. The second-order valence-corrected chi connectivity index (χ2v) is 7.96. The summed E-state index contributed by atoms with van der Waals surface area (Å²) in [6.07, 6.45) is 5.59. The first kappa shape index (κ1) is 20.9. The van der Waals surface area contributed by atoms with Gasteiger partial charge >= 0.3 is 0 Å². The summed E-state index contributed by atoms with van der Waals surface area (Å²) in [4.78, 5) is 25.9. The summed E-state index contributed by atoms with van der Waals surface area (Å²) in [6, 6.07) is 5.01. The summed E-state index contributed by atoms with van der Waals surface area (Å²) in [7, 11) is 2.75. The number of nitrogens with one attached hydrogen (secondary N) is 1. The van der Waals surface area contributed by atoms with Crippen LogP contribution < -0.4 is 20.0 Å². The molecule has 1 N–H and O–H groups in total. The van der Waals surface area contributed by atoms with Crippen molar-refractivity contribution in [2.24, 2.45) is 11.0 Å². The lowest BCUT2D eigenvalue weighted by Crippen LogP contribution is -2.25. The number of aromatic carboxylic acids is 1. The molecule has 2 aromatic rings. The number of ether oxygens (including phenoxy) is 2. The summed E-state index contributed by atoms with van der Waals surface area (Å²) < 4.78 is 10.2. The first-order valence-electron chi connectivity index (χ1n) is 9.39. The van der Waals surface area contributed by atoms with E-state index in [1.165, 1.54) is 48.3 Å². The van der Waals surface area contributed by atoms with Crippen molar-refractivity contribution >= 4 is 29.4 Å². The molecule has 0 aliphatic heterocycles. The Morgan fingerprint density at radius 2 is 2.14 bits per heavy atom. The van der Waals surface area contributed by atoms with Crippen LogP contribution in [0.15, 0.2) is 23.3 Å². The number of amides is 1. The van der Waals surface area contributed by atoms with E-state index in [9.17, 15) is 14.7 Å². The zero-order chi connectivity index (χ0) is 21.0. The number of carboxylic acid groups (broad SMARTS) is 1. The summed E-state index contributed by atoms with van der Waals surface area (Å²) in [5, 5.41) is 15.5. The fraction of sp³-hybridized carbons (Fsp3) is 0.381. The molecule has 0 unspecified atom stereocenters. The SMILES string of the molecule is CC[C@H]1CCc2sc(C(=O)N/N=C\c3ccc(OC)c(OC)c3C(=O)[O-])cc2C1. The second-order valence-electron chi connectivity index (χ2n) is 6.83. The lowest BCUT2D eigenvalue weighted by molar-refractivity contribution is -0.255. The summed E-state index contributed by atoms with van der Waals surface area (Å²) in [5.41, 5.74) is 3.76. The number of benzene rings is 1. The minimum atomic E-state index is -1.43. The molecule has 7 nitrogen and oxygen atoms in total. The summed E-state index contributed by atoms with van der Waals surface area (Å²) in [5.74, 6) is -0.755. The van der Waals surface area contributed by atoms with Crippen LogP contribution in [0, 0.1) is 5.92 Å². The number of carbonyl (C=O) groups excluding carboxylic acids is 2. The first-order chi connectivity index (χ1) is 14.0. The Morgan fingerprint density at radius 3 is 2.79 bits per heavy atom. The number of hydrazone groups is 1. The van der Waals surface area contributed by atoms with Crippen LogP contribution in [0.1, 0.15) is 55.8 Å². The Labute approximate surface area is 173 Å². The molecule has 0 saturated carbocycles. The Hall–Kier alpha value is -2.87. The fourth-order valence-electron chi connectivity index (χ4n) is 3.54. The molecule has 0 spiro atoms. The van der Waals surface area contributed by atoms with Crippen LogP contribution in [-0.4, -0.2) is 32.3 Å². The van der Waals surface area contributed by atoms with E-state index in [0.717, 1.165) is 25.7 Å². The highest BCUT2D eigenvalue weighted by Gasteiger charge is 2.22. The highest BCUT2D eigenvalue weighted by atomic mass is 32.1. The molecule has 1 aromatic heterocycles. The van der Waals surface area contributed by atoms with Crippen LogP contribution in [0.4, 0.5) is 0 Å². The normalized spacial score (nSPS) is 15.8. The zero-order valence-electron chi connectivity index (χ0n) is 16.6. The van der Waals surface area contributed by atoms with Crippen LogP contribution in [-0.2, 0) is 12.8 Å². The van der Waals surface area contributed by atoms with E-state index in [0.29, 0.717) is 10.8 Å². The molecule has 154 valence electrons. The number of fused-ring (bicyclic) bond motifs is 1. The van der Waals surface area contributed by atoms with Gasteiger partial charge in [0.2, 0.25) is 0 Å². The first-order valence-corrected chi connectivity index (χ1v) is 10.2. The molecule has 1 aromatic carbocycles. The van der Waals surface area contributed by atoms with Gasteiger partial charge in [-0.25, -0.2) is 5.43 Å². The fourth-order valence-corrected chi connectivity index (χ4v) is 4.63. The van der Waals surface area contributed by atoms with Gasteiger partial charge in [0.05, 0.1) is 36.8 Å². The molecule has 1 aliphatic carbocycles. The predicted octanol–water partition coefficient (Wildman–Crippen LogP) is 2.41. The van der Waals surface area contributed by atoms with Gasteiger partial charge in [0.1, 0.15) is 0 Å². The van der Waals surface area contributed by atoms with E-state index in [4.69, 9.17) is 9.47 Å². The van der Waals surface area contributed by atoms with E-state index in [-0.39, 0.29) is 28.5 Å². The molecule has 29 heavy (non-hydrogen) atoms. The molecule has 0 bridgehead atoms. The van der Waals surface area contributed by atoms with Gasteiger partial charge in [0, 0.05) is 10.4 Å². The van der Waals surface area contributed by atoms with E-state index in [1.54, 1.807) is 6.07 Å². The van der Waals surface area contributed by atoms with E-state index < -0.39 is 5.97 Å². The third-order valence-electron chi connectivity index (χ3n) is 5.14. The van der Waals surface area contributed by atoms with Crippen molar-refractivity contribution in [1.82, 2.24) is 5.43 Å². The zero-order valence-corrected chi connectivity index (χ0v) is 17.4. The molecule has 0 saturated heterocycles. The smallest absolute Gasteiger partial charge is 0.281 e. The number of rotatable bonds is 7. The average molecular weight is 415 g/mol. The van der Waals surface area contributed by atoms with Crippen LogP contribution >= 0.6 is 11.3 Å². The lowest BCUT2D eigenvalue weighted by Gasteiger charge is -2.19. The quantitative estimate of drug-likeness (QED) is 0.553. The van der Waals surface area contributed by atoms with Crippen LogP contribution in [0.25, 0.3) is 0 Å². The average Bonchev–Trinajstić information content (AvgIpc) is 3.16. The van der Waals surface area contributed by atoms with Crippen molar-refractivity contribution in [2.75, 3.05) is 14.2 Å². The third-order valence-corrected chi connectivity index (χ3v) is 6.37. The number of carboxylic acids is 1. The van der Waals surface area contributed by atoms with Crippen LogP contribution in [0.5, 0.6) is 11.5 Å². The van der Waals surface area contributed by atoms with Crippen molar-refractivity contribution in [1.29, 1.82) is 0 Å². The highest BCUT2D eigenvalue weighted by molar-refractivity contribution is 7.14. The van der Waals surface area contributed by atoms with Gasteiger partial charge in [-0.3, -0.25) is 4.79 Å². The molecule has 3 rings (SSSR count). The highest BCUT2D eigenvalue weighted by Crippen LogP contribution is 2.34. The Kier molecular flexibility index (Phi) is 6.53. The van der Waals surface area contributed by atoms with Gasteiger partial charge in [-0.2, -0.15) is 5.10 Å². The van der Waals surface area contributed by atoms with Crippen molar-refractivity contribution in [3.63, 3.8) is 0 Å². The largest absolute Gasteiger partial charge is 0.545 e. The van der Waals surface area contributed by atoms with Crippen molar-refractivity contribution in [2.45, 2.75) is 32.6 Å². The Balaban J connectivity index is 1.76. The Bertz CT molecular complexity index is 951. The van der Waals surface area contributed by atoms with Crippen molar-refractivity contribution < 1.29 is 24.2 Å². The molecule has 0 fully saturated rings. The topological polar surface area (TPSA) is 100 Å². The van der Waals surface area contributed by atoms with Gasteiger partial charge in [0.15, 0.2) is 11.5 Å². The van der Waals surface area contributed by atoms with Gasteiger partial charge in [-0.1, -0.05) is 13.3 Å². The maximum absolute atomic E-state index is 12.5. The number of methoxy groups -OCH3 is 2. The predicted molar refractivity (Wildman–Crippen MR) is 109 cm³/mol. The maximum atomic E-state index is 12.5. The lowest BCUT2D eigenvalue weighted by atomic mass is 9.87. The van der Waals surface area contributed by atoms with E-state index in [2.05, 4.69) is 17.5 Å². The number of hydrogen-bond acceptors (Lipinski definition) is 7. The third kappa shape index (κ3) is 4.42.